The van der Waals surface area contributed by atoms with E-state index in [0.717, 1.165) is 18.6 Å². The molecule has 2 aromatic rings. The van der Waals surface area contributed by atoms with Crippen molar-refractivity contribution in [2.24, 2.45) is 0 Å². The number of furan rings is 1. The highest BCUT2D eigenvalue weighted by Crippen LogP contribution is 2.24. The fourth-order valence-electron chi connectivity index (χ4n) is 3.02. The van der Waals surface area contributed by atoms with E-state index in [4.69, 9.17) is 4.42 Å². The van der Waals surface area contributed by atoms with Crippen LogP contribution in [-0.2, 0) is 12.8 Å². The maximum atomic E-state index is 5.54. The van der Waals surface area contributed by atoms with E-state index in [1.165, 1.54) is 24.0 Å². The van der Waals surface area contributed by atoms with Gasteiger partial charge in [-0.1, -0.05) is 31.2 Å². The highest BCUT2D eigenvalue weighted by atomic mass is 16.3. The topological polar surface area (TPSA) is 25.2 Å². The SMILES string of the molecule is CCC(NC1CCc2ccccc2C1)c1ccco1. The van der Waals surface area contributed by atoms with E-state index in [1.54, 1.807) is 6.26 Å². The van der Waals surface area contributed by atoms with Crippen LogP contribution in [-0.4, -0.2) is 6.04 Å². The molecule has 2 atom stereocenters. The average Bonchev–Trinajstić information content (AvgIpc) is 2.98. The van der Waals surface area contributed by atoms with E-state index in [-0.39, 0.29) is 0 Å². The van der Waals surface area contributed by atoms with Crippen molar-refractivity contribution in [3.63, 3.8) is 0 Å². The van der Waals surface area contributed by atoms with E-state index < -0.39 is 0 Å². The van der Waals surface area contributed by atoms with Crippen molar-refractivity contribution in [1.29, 1.82) is 0 Å². The number of nitrogens with one attached hydrogen (secondary N) is 1. The highest BCUT2D eigenvalue weighted by Gasteiger charge is 2.22. The summed E-state index contributed by atoms with van der Waals surface area (Å²) in [4.78, 5) is 0. The Kier molecular flexibility index (Phi) is 3.69. The number of hydrogen-bond donors (Lipinski definition) is 1. The summed E-state index contributed by atoms with van der Waals surface area (Å²) in [6, 6.07) is 13.7. The van der Waals surface area contributed by atoms with Crippen LogP contribution in [0.15, 0.2) is 47.1 Å². The van der Waals surface area contributed by atoms with Gasteiger partial charge in [0.2, 0.25) is 0 Å². The predicted molar refractivity (Wildman–Crippen MR) is 77.1 cm³/mol. The number of benzene rings is 1. The first-order valence-corrected chi connectivity index (χ1v) is 7.23. The van der Waals surface area contributed by atoms with Gasteiger partial charge in [-0.05, 0) is 48.9 Å². The minimum Gasteiger partial charge on any atom is -0.468 e. The molecule has 2 heteroatoms. The van der Waals surface area contributed by atoms with Crippen molar-refractivity contribution in [2.75, 3.05) is 0 Å². The van der Waals surface area contributed by atoms with Gasteiger partial charge in [0, 0.05) is 6.04 Å². The molecule has 100 valence electrons. The molecule has 1 N–H and O–H groups in total. The molecule has 1 heterocycles. The molecular formula is C17H21NO. The molecule has 2 unspecified atom stereocenters. The van der Waals surface area contributed by atoms with Gasteiger partial charge < -0.3 is 9.73 Å². The number of hydrogen-bond acceptors (Lipinski definition) is 2. The second-order valence-corrected chi connectivity index (χ2v) is 5.35. The molecule has 0 saturated carbocycles. The zero-order valence-electron chi connectivity index (χ0n) is 11.4. The molecule has 2 nitrogen and oxygen atoms in total. The maximum absolute atomic E-state index is 5.54. The summed E-state index contributed by atoms with van der Waals surface area (Å²) in [7, 11) is 0. The monoisotopic (exact) mass is 255 g/mol. The Morgan fingerprint density at radius 2 is 2.05 bits per heavy atom. The summed E-state index contributed by atoms with van der Waals surface area (Å²) in [5.41, 5.74) is 3.02. The van der Waals surface area contributed by atoms with Gasteiger partial charge >= 0.3 is 0 Å². The van der Waals surface area contributed by atoms with Crippen molar-refractivity contribution < 1.29 is 4.42 Å². The largest absolute Gasteiger partial charge is 0.468 e. The molecule has 0 aliphatic heterocycles. The van der Waals surface area contributed by atoms with Gasteiger partial charge in [-0.2, -0.15) is 0 Å². The Morgan fingerprint density at radius 1 is 1.21 bits per heavy atom. The molecule has 1 aliphatic rings. The lowest BCUT2D eigenvalue weighted by Crippen LogP contribution is -2.37. The van der Waals surface area contributed by atoms with Gasteiger partial charge in [-0.3, -0.25) is 0 Å². The van der Waals surface area contributed by atoms with Crippen molar-refractivity contribution >= 4 is 0 Å². The average molecular weight is 255 g/mol. The minimum absolute atomic E-state index is 0.338. The van der Waals surface area contributed by atoms with Crippen LogP contribution in [0.1, 0.15) is 42.7 Å². The first-order valence-electron chi connectivity index (χ1n) is 7.23. The third kappa shape index (κ3) is 2.74. The van der Waals surface area contributed by atoms with Crippen LogP contribution in [0.2, 0.25) is 0 Å². The second-order valence-electron chi connectivity index (χ2n) is 5.35. The second kappa shape index (κ2) is 5.62. The molecule has 1 aromatic heterocycles. The van der Waals surface area contributed by atoms with Crippen molar-refractivity contribution in [2.45, 2.75) is 44.7 Å². The van der Waals surface area contributed by atoms with Gasteiger partial charge in [-0.15, -0.1) is 0 Å². The summed E-state index contributed by atoms with van der Waals surface area (Å²) in [6.07, 6.45) is 6.35. The Balaban J connectivity index is 1.68. The summed E-state index contributed by atoms with van der Waals surface area (Å²) >= 11 is 0. The molecule has 1 aliphatic carbocycles. The highest BCUT2D eigenvalue weighted by molar-refractivity contribution is 5.30. The molecular weight excluding hydrogens is 234 g/mol. The quantitative estimate of drug-likeness (QED) is 0.897. The molecule has 0 saturated heterocycles. The Hall–Kier alpha value is -1.54. The van der Waals surface area contributed by atoms with Crippen LogP contribution in [0.5, 0.6) is 0 Å². The van der Waals surface area contributed by atoms with Crippen molar-refractivity contribution in [1.82, 2.24) is 5.32 Å². The van der Waals surface area contributed by atoms with E-state index in [2.05, 4.69) is 42.6 Å². The molecule has 0 fully saturated rings. The Bertz CT molecular complexity index is 518. The van der Waals surface area contributed by atoms with Crippen molar-refractivity contribution in [3.05, 3.63) is 59.5 Å². The standard InChI is InChI=1S/C17H21NO/c1-2-16(17-8-5-11-19-17)18-15-10-9-13-6-3-4-7-14(13)12-15/h3-8,11,15-16,18H,2,9-10,12H2,1H3. The number of rotatable bonds is 4. The Morgan fingerprint density at radius 3 is 2.79 bits per heavy atom. The summed E-state index contributed by atoms with van der Waals surface area (Å²) < 4.78 is 5.54. The molecule has 0 amide bonds. The zero-order valence-corrected chi connectivity index (χ0v) is 11.4. The van der Waals surface area contributed by atoms with Crippen LogP contribution >= 0.6 is 0 Å². The van der Waals surface area contributed by atoms with Crippen LogP contribution in [0.25, 0.3) is 0 Å². The fraction of sp³-hybridized carbons (Fsp3) is 0.412. The minimum atomic E-state index is 0.338. The van der Waals surface area contributed by atoms with E-state index in [0.29, 0.717) is 12.1 Å². The van der Waals surface area contributed by atoms with Gasteiger partial charge in [-0.25, -0.2) is 0 Å². The van der Waals surface area contributed by atoms with Crippen LogP contribution < -0.4 is 5.32 Å². The maximum Gasteiger partial charge on any atom is 0.120 e. The lowest BCUT2D eigenvalue weighted by Gasteiger charge is -2.28. The van der Waals surface area contributed by atoms with E-state index >= 15 is 0 Å². The van der Waals surface area contributed by atoms with E-state index in [1.807, 2.05) is 6.07 Å². The van der Waals surface area contributed by atoms with Crippen LogP contribution in [0.3, 0.4) is 0 Å². The van der Waals surface area contributed by atoms with Crippen LogP contribution in [0, 0.1) is 0 Å². The van der Waals surface area contributed by atoms with Gasteiger partial charge in [0.25, 0.3) is 0 Å². The molecule has 0 radical (unpaired) electrons. The lowest BCUT2D eigenvalue weighted by atomic mass is 9.88. The summed E-state index contributed by atoms with van der Waals surface area (Å²) in [5.74, 6) is 1.06. The fourth-order valence-corrected chi connectivity index (χ4v) is 3.02. The zero-order chi connectivity index (χ0) is 13.1. The Labute approximate surface area is 114 Å². The molecule has 1 aromatic carbocycles. The third-order valence-electron chi connectivity index (χ3n) is 4.08. The first kappa shape index (κ1) is 12.5. The van der Waals surface area contributed by atoms with Gasteiger partial charge in [0.05, 0.1) is 12.3 Å². The van der Waals surface area contributed by atoms with Crippen molar-refractivity contribution in [3.8, 4) is 0 Å². The summed E-state index contributed by atoms with van der Waals surface area (Å²) in [5, 5.41) is 3.76. The smallest absolute Gasteiger partial charge is 0.120 e. The van der Waals surface area contributed by atoms with Gasteiger partial charge in [0.15, 0.2) is 0 Å². The molecule has 0 bridgehead atoms. The normalized spacial score (nSPS) is 19.9. The lowest BCUT2D eigenvalue weighted by molar-refractivity contribution is 0.344. The summed E-state index contributed by atoms with van der Waals surface area (Å²) in [6.45, 7) is 2.21. The molecule has 0 spiro atoms. The third-order valence-corrected chi connectivity index (χ3v) is 4.08. The van der Waals surface area contributed by atoms with Crippen LogP contribution in [0.4, 0.5) is 0 Å². The number of aryl methyl sites for hydroxylation is 1. The molecule has 19 heavy (non-hydrogen) atoms. The number of fused-ring (bicyclic) bond motifs is 1. The van der Waals surface area contributed by atoms with E-state index in [9.17, 15) is 0 Å². The van der Waals surface area contributed by atoms with Gasteiger partial charge in [0.1, 0.15) is 5.76 Å². The predicted octanol–water partition coefficient (Wildman–Crippen LogP) is 3.88. The first-order chi connectivity index (χ1) is 9.36. The molecule has 3 rings (SSSR count).